The van der Waals surface area contributed by atoms with Crippen LogP contribution in [-0.2, 0) is 6.54 Å². The average molecular weight is 264 g/mol. The number of rotatable bonds is 6. The number of nitrogens with zero attached hydrogens (tertiary/aromatic N) is 1. The van der Waals surface area contributed by atoms with Crippen molar-refractivity contribution in [1.29, 1.82) is 0 Å². The molecule has 18 heavy (non-hydrogen) atoms. The molecule has 0 atom stereocenters. The lowest BCUT2D eigenvalue weighted by Crippen LogP contribution is -2.01. The summed E-state index contributed by atoms with van der Waals surface area (Å²) in [4.78, 5) is 4.18. The number of thiazole rings is 1. The SMILES string of the molecule is CCOc1cc(CNc2nccs2)ccc1OC. The molecule has 0 bridgehead atoms. The fourth-order valence-corrected chi connectivity index (χ4v) is 2.12. The summed E-state index contributed by atoms with van der Waals surface area (Å²) in [5.74, 6) is 1.54. The van der Waals surface area contributed by atoms with Crippen molar-refractivity contribution < 1.29 is 9.47 Å². The van der Waals surface area contributed by atoms with Crippen molar-refractivity contribution in [1.82, 2.24) is 4.98 Å². The molecule has 2 rings (SSSR count). The maximum absolute atomic E-state index is 5.54. The molecule has 1 aromatic heterocycles. The molecule has 0 spiro atoms. The van der Waals surface area contributed by atoms with Gasteiger partial charge < -0.3 is 14.8 Å². The number of anilines is 1. The van der Waals surface area contributed by atoms with Gasteiger partial charge in [-0.2, -0.15) is 0 Å². The lowest BCUT2D eigenvalue weighted by molar-refractivity contribution is 0.310. The Morgan fingerprint density at radius 2 is 2.22 bits per heavy atom. The molecule has 0 amide bonds. The lowest BCUT2D eigenvalue weighted by Gasteiger charge is -2.11. The van der Waals surface area contributed by atoms with E-state index in [1.54, 1.807) is 24.6 Å². The first-order chi connectivity index (χ1) is 8.83. The van der Waals surface area contributed by atoms with E-state index in [2.05, 4.69) is 10.3 Å². The molecule has 1 N–H and O–H groups in total. The Morgan fingerprint density at radius 3 is 2.89 bits per heavy atom. The maximum Gasteiger partial charge on any atom is 0.182 e. The van der Waals surface area contributed by atoms with Gasteiger partial charge >= 0.3 is 0 Å². The molecule has 1 heterocycles. The quantitative estimate of drug-likeness (QED) is 0.870. The number of methoxy groups -OCH3 is 1. The third-order valence-electron chi connectivity index (χ3n) is 2.40. The molecule has 0 aliphatic rings. The molecule has 2 aromatic rings. The molecule has 0 fully saturated rings. The van der Waals surface area contributed by atoms with Crippen LogP contribution in [0.25, 0.3) is 0 Å². The van der Waals surface area contributed by atoms with Crippen LogP contribution in [0, 0.1) is 0 Å². The molecule has 0 unspecified atom stereocenters. The number of aromatic nitrogens is 1. The zero-order chi connectivity index (χ0) is 12.8. The van der Waals surface area contributed by atoms with E-state index in [9.17, 15) is 0 Å². The number of hydrogen-bond donors (Lipinski definition) is 1. The van der Waals surface area contributed by atoms with Crippen LogP contribution >= 0.6 is 11.3 Å². The number of ether oxygens (including phenoxy) is 2. The Kier molecular flexibility index (Phi) is 4.41. The first-order valence-corrected chi connectivity index (χ1v) is 6.64. The summed E-state index contributed by atoms with van der Waals surface area (Å²) in [7, 11) is 1.64. The van der Waals surface area contributed by atoms with Crippen molar-refractivity contribution in [2.24, 2.45) is 0 Å². The van der Waals surface area contributed by atoms with Crippen LogP contribution in [-0.4, -0.2) is 18.7 Å². The predicted molar refractivity (Wildman–Crippen MR) is 73.6 cm³/mol. The van der Waals surface area contributed by atoms with E-state index in [1.165, 1.54) is 0 Å². The minimum absolute atomic E-state index is 0.625. The highest BCUT2D eigenvalue weighted by Gasteiger charge is 2.05. The highest BCUT2D eigenvalue weighted by molar-refractivity contribution is 7.13. The van der Waals surface area contributed by atoms with Gasteiger partial charge in [0.1, 0.15) is 0 Å². The van der Waals surface area contributed by atoms with Crippen molar-refractivity contribution in [2.75, 3.05) is 19.0 Å². The monoisotopic (exact) mass is 264 g/mol. The summed E-state index contributed by atoms with van der Waals surface area (Å²) in [5, 5.41) is 6.13. The van der Waals surface area contributed by atoms with Crippen LogP contribution in [0.2, 0.25) is 0 Å². The van der Waals surface area contributed by atoms with Crippen LogP contribution in [0.1, 0.15) is 12.5 Å². The van der Waals surface area contributed by atoms with Crippen molar-refractivity contribution in [3.63, 3.8) is 0 Å². The second kappa shape index (κ2) is 6.26. The normalized spacial score (nSPS) is 10.1. The molecule has 0 saturated heterocycles. The third-order valence-corrected chi connectivity index (χ3v) is 3.13. The van der Waals surface area contributed by atoms with Gasteiger partial charge in [-0.1, -0.05) is 6.07 Å². The summed E-state index contributed by atoms with van der Waals surface area (Å²) in [6.45, 7) is 3.30. The van der Waals surface area contributed by atoms with Crippen LogP contribution in [0.5, 0.6) is 11.5 Å². The number of hydrogen-bond acceptors (Lipinski definition) is 5. The highest BCUT2D eigenvalue weighted by Crippen LogP contribution is 2.28. The second-order valence-corrected chi connectivity index (χ2v) is 4.50. The zero-order valence-electron chi connectivity index (χ0n) is 10.5. The fourth-order valence-electron chi connectivity index (χ4n) is 1.59. The minimum atomic E-state index is 0.625. The summed E-state index contributed by atoms with van der Waals surface area (Å²) in [6.07, 6.45) is 1.78. The zero-order valence-corrected chi connectivity index (χ0v) is 11.3. The summed E-state index contributed by atoms with van der Waals surface area (Å²) in [6, 6.07) is 5.93. The van der Waals surface area contributed by atoms with E-state index in [1.807, 2.05) is 30.5 Å². The van der Waals surface area contributed by atoms with Gasteiger partial charge in [-0.3, -0.25) is 0 Å². The van der Waals surface area contributed by atoms with Gasteiger partial charge in [0, 0.05) is 18.1 Å². The molecule has 0 aliphatic carbocycles. The van der Waals surface area contributed by atoms with Crippen molar-refractivity contribution in [3.05, 3.63) is 35.3 Å². The van der Waals surface area contributed by atoms with Gasteiger partial charge in [0.25, 0.3) is 0 Å². The molecule has 5 heteroatoms. The van der Waals surface area contributed by atoms with Crippen LogP contribution in [0.3, 0.4) is 0 Å². The molecular formula is C13H16N2O2S. The topological polar surface area (TPSA) is 43.4 Å². The van der Waals surface area contributed by atoms with Gasteiger partial charge in [-0.25, -0.2) is 4.98 Å². The van der Waals surface area contributed by atoms with Gasteiger partial charge in [0.15, 0.2) is 16.6 Å². The Labute approximate surface area is 111 Å². The summed E-state index contributed by atoms with van der Waals surface area (Å²) in [5.41, 5.74) is 1.13. The first-order valence-electron chi connectivity index (χ1n) is 5.76. The molecule has 4 nitrogen and oxygen atoms in total. The largest absolute Gasteiger partial charge is 0.493 e. The molecule has 0 radical (unpaired) electrons. The van der Waals surface area contributed by atoms with Crippen LogP contribution < -0.4 is 14.8 Å². The van der Waals surface area contributed by atoms with Crippen molar-refractivity contribution >= 4 is 16.5 Å². The molecule has 0 saturated carbocycles. The summed E-state index contributed by atoms with van der Waals surface area (Å²) >= 11 is 1.59. The summed E-state index contributed by atoms with van der Waals surface area (Å²) < 4.78 is 10.8. The minimum Gasteiger partial charge on any atom is -0.493 e. The number of benzene rings is 1. The molecule has 1 aromatic carbocycles. The molecule has 0 aliphatic heterocycles. The second-order valence-electron chi connectivity index (χ2n) is 3.61. The Hall–Kier alpha value is -1.75. The lowest BCUT2D eigenvalue weighted by atomic mass is 10.2. The van der Waals surface area contributed by atoms with Gasteiger partial charge in [-0.15, -0.1) is 11.3 Å². The van der Waals surface area contributed by atoms with E-state index >= 15 is 0 Å². The van der Waals surface area contributed by atoms with E-state index in [0.717, 1.165) is 28.7 Å². The molecular weight excluding hydrogens is 248 g/mol. The highest BCUT2D eigenvalue weighted by atomic mass is 32.1. The Morgan fingerprint density at radius 1 is 1.33 bits per heavy atom. The van der Waals surface area contributed by atoms with Gasteiger partial charge in [0.2, 0.25) is 0 Å². The van der Waals surface area contributed by atoms with Gasteiger partial charge in [-0.05, 0) is 24.6 Å². The number of nitrogens with one attached hydrogen (secondary N) is 1. The standard InChI is InChI=1S/C13H16N2O2S/c1-3-17-12-8-10(4-5-11(12)16-2)9-15-13-14-6-7-18-13/h4-8H,3,9H2,1-2H3,(H,14,15). The van der Waals surface area contributed by atoms with E-state index in [-0.39, 0.29) is 0 Å². The molecule has 96 valence electrons. The van der Waals surface area contributed by atoms with Crippen LogP contribution in [0.4, 0.5) is 5.13 Å². The Bertz CT molecular complexity index is 486. The predicted octanol–water partition coefficient (Wildman–Crippen LogP) is 3.16. The average Bonchev–Trinajstić information content (AvgIpc) is 2.90. The Balaban J connectivity index is 2.06. The maximum atomic E-state index is 5.54. The van der Waals surface area contributed by atoms with Gasteiger partial charge in [0.05, 0.1) is 13.7 Å². The van der Waals surface area contributed by atoms with Crippen molar-refractivity contribution in [2.45, 2.75) is 13.5 Å². The van der Waals surface area contributed by atoms with E-state index in [4.69, 9.17) is 9.47 Å². The van der Waals surface area contributed by atoms with E-state index in [0.29, 0.717) is 6.61 Å². The van der Waals surface area contributed by atoms with E-state index < -0.39 is 0 Å². The fraction of sp³-hybridized carbons (Fsp3) is 0.308. The first kappa shape index (κ1) is 12.7. The smallest absolute Gasteiger partial charge is 0.182 e. The van der Waals surface area contributed by atoms with Crippen molar-refractivity contribution in [3.8, 4) is 11.5 Å². The van der Waals surface area contributed by atoms with Crippen LogP contribution in [0.15, 0.2) is 29.8 Å². The third kappa shape index (κ3) is 3.13.